The molecule has 0 N–H and O–H groups in total. The fourth-order valence-electron chi connectivity index (χ4n) is 1.61. The number of hydrogen-bond donors (Lipinski definition) is 0. The average Bonchev–Trinajstić information content (AvgIpc) is 2.41. The Morgan fingerprint density at radius 1 is 1.30 bits per heavy atom. The molecule has 0 spiro atoms. The number of Topliss-reactive ketones (excluding diaryl/α,β-unsaturated/α-hetero) is 1. The van der Waals surface area contributed by atoms with Crippen molar-refractivity contribution in [1.82, 2.24) is 4.98 Å². The maximum Gasteiger partial charge on any atom is 0.273 e. The predicted molar refractivity (Wildman–Crippen MR) is 72.1 cm³/mol. The van der Waals surface area contributed by atoms with Gasteiger partial charge in [0.05, 0.1) is 11.0 Å². The topological polar surface area (TPSA) is 82.3 Å². The van der Waals surface area contributed by atoms with Crippen LogP contribution in [0.5, 0.6) is 11.6 Å². The Bertz CT molecular complexity index is 683. The number of carbonyl (C=O) groups excluding carboxylic acids is 1. The van der Waals surface area contributed by atoms with Gasteiger partial charge in [0.1, 0.15) is 5.75 Å². The third-order valence-electron chi connectivity index (χ3n) is 2.74. The number of rotatable bonds is 4. The number of benzene rings is 1. The van der Waals surface area contributed by atoms with Crippen LogP contribution in [-0.2, 0) is 0 Å². The van der Waals surface area contributed by atoms with Crippen LogP contribution in [0.3, 0.4) is 0 Å². The van der Waals surface area contributed by atoms with Crippen LogP contribution in [0.25, 0.3) is 0 Å². The summed E-state index contributed by atoms with van der Waals surface area (Å²) in [5, 5.41) is 10.8. The summed E-state index contributed by atoms with van der Waals surface area (Å²) >= 11 is 0. The second-order valence-corrected chi connectivity index (χ2v) is 4.25. The second-order valence-electron chi connectivity index (χ2n) is 4.25. The van der Waals surface area contributed by atoms with E-state index in [9.17, 15) is 14.9 Å². The Balaban J connectivity index is 2.34. The molecule has 20 heavy (non-hydrogen) atoms. The number of pyridine rings is 1. The van der Waals surface area contributed by atoms with E-state index in [0.717, 1.165) is 5.56 Å². The van der Waals surface area contributed by atoms with Crippen molar-refractivity contribution in [2.24, 2.45) is 0 Å². The fourth-order valence-corrected chi connectivity index (χ4v) is 1.61. The van der Waals surface area contributed by atoms with Crippen LogP contribution in [-0.4, -0.2) is 15.7 Å². The van der Waals surface area contributed by atoms with E-state index in [2.05, 4.69) is 4.98 Å². The quantitative estimate of drug-likeness (QED) is 0.484. The molecule has 0 fully saturated rings. The van der Waals surface area contributed by atoms with Gasteiger partial charge < -0.3 is 4.74 Å². The highest BCUT2D eigenvalue weighted by Gasteiger charge is 2.11. The van der Waals surface area contributed by atoms with Crippen molar-refractivity contribution >= 4 is 11.5 Å². The van der Waals surface area contributed by atoms with E-state index in [1.807, 2.05) is 0 Å². The number of non-ortho nitro benzene ring substituents is 1. The molecule has 2 aromatic rings. The lowest BCUT2D eigenvalue weighted by atomic mass is 10.2. The summed E-state index contributed by atoms with van der Waals surface area (Å²) < 4.78 is 5.52. The van der Waals surface area contributed by atoms with Crippen LogP contribution in [0.4, 0.5) is 5.69 Å². The molecule has 0 unspecified atom stereocenters. The number of ether oxygens (including phenoxy) is 1. The number of aryl methyl sites for hydroxylation is 1. The summed E-state index contributed by atoms with van der Waals surface area (Å²) in [6.45, 7) is 3.21. The maximum atomic E-state index is 11.3. The van der Waals surface area contributed by atoms with Gasteiger partial charge in [-0.1, -0.05) is 0 Å². The maximum absolute atomic E-state index is 11.3. The number of aromatic nitrogens is 1. The summed E-state index contributed by atoms with van der Waals surface area (Å²) in [7, 11) is 0. The molecule has 0 radical (unpaired) electrons. The highest BCUT2D eigenvalue weighted by atomic mass is 16.6. The Morgan fingerprint density at radius 3 is 2.70 bits per heavy atom. The normalized spacial score (nSPS) is 10.1. The molecule has 0 aliphatic rings. The first-order valence-electron chi connectivity index (χ1n) is 5.87. The van der Waals surface area contributed by atoms with E-state index >= 15 is 0 Å². The zero-order chi connectivity index (χ0) is 14.7. The minimum Gasteiger partial charge on any atom is -0.438 e. The Hall–Kier alpha value is -2.76. The number of ketones is 1. The number of nitro groups is 1. The summed E-state index contributed by atoms with van der Waals surface area (Å²) in [4.78, 5) is 25.5. The first kappa shape index (κ1) is 13.7. The Kier molecular flexibility index (Phi) is 3.74. The van der Waals surface area contributed by atoms with Crippen molar-refractivity contribution in [1.29, 1.82) is 0 Å². The summed E-state index contributed by atoms with van der Waals surface area (Å²) in [6.07, 6.45) is 1.46. The van der Waals surface area contributed by atoms with E-state index < -0.39 is 4.92 Å². The number of carbonyl (C=O) groups is 1. The SMILES string of the molecule is CC(=O)c1ccnc(Oc2cc([N+](=O)[O-])ccc2C)c1. The molecule has 2 rings (SSSR count). The van der Waals surface area contributed by atoms with Gasteiger partial charge in [0.2, 0.25) is 5.88 Å². The minimum atomic E-state index is -0.494. The van der Waals surface area contributed by atoms with Crippen molar-refractivity contribution in [2.75, 3.05) is 0 Å². The minimum absolute atomic E-state index is 0.0617. The van der Waals surface area contributed by atoms with E-state index in [4.69, 9.17) is 4.74 Å². The van der Waals surface area contributed by atoms with Gasteiger partial charge >= 0.3 is 0 Å². The monoisotopic (exact) mass is 272 g/mol. The smallest absolute Gasteiger partial charge is 0.273 e. The summed E-state index contributed by atoms with van der Waals surface area (Å²) in [5.41, 5.74) is 1.15. The second kappa shape index (κ2) is 5.48. The van der Waals surface area contributed by atoms with Crippen molar-refractivity contribution in [3.05, 3.63) is 57.8 Å². The highest BCUT2D eigenvalue weighted by Crippen LogP contribution is 2.28. The number of nitrogens with zero attached hydrogens (tertiary/aromatic N) is 2. The zero-order valence-electron chi connectivity index (χ0n) is 11.0. The van der Waals surface area contributed by atoms with Crippen molar-refractivity contribution < 1.29 is 14.5 Å². The largest absolute Gasteiger partial charge is 0.438 e. The van der Waals surface area contributed by atoms with Gasteiger partial charge in [-0.2, -0.15) is 0 Å². The third-order valence-corrected chi connectivity index (χ3v) is 2.74. The van der Waals surface area contributed by atoms with Crippen LogP contribution in [0.1, 0.15) is 22.8 Å². The highest BCUT2D eigenvalue weighted by molar-refractivity contribution is 5.94. The van der Waals surface area contributed by atoms with Crippen molar-refractivity contribution in [2.45, 2.75) is 13.8 Å². The molecule has 6 heteroatoms. The van der Waals surface area contributed by atoms with Crippen LogP contribution in [0.15, 0.2) is 36.5 Å². The molecule has 6 nitrogen and oxygen atoms in total. The lowest BCUT2D eigenvalue weighted by Crippen LogP contribution is -1.96. The number of nitro benzene ring substituents is 1. The third kappa shape index (κ3) is 2.97. The van der Waals surface area contributed by atoms with Crippen LogP contribution < -0.4 is 4.74 Å². The van der Waals surface area contributed by atoms with Gasteiger partial charge in [0.15, 0.2) is 5.78 Å². The zero-order valence-corrected chi connectivity index (χ0v) is 11.0. The molecular formula is C14H12N2O4. The molecule has 102 valence electrons. The first-order valence-corrected chi connectivity index (χ1v) is 5.87. The van der Waals surface area contributed by atoms with E-state index in [-0.39, 0.29) is 17.4 Å². The molecule has 0 amide bonds. The molecule has 0 bridgehead atoms. The molecular weight excluding hydrogens is 260 g/mol. The van der Waals surface area contributed by atoms with Gasteiger partial charge in [0.25, 0.3) is 5.69 Å². The first-order chi connectivity index (χ1) is 9.47. The molecule has 1 aromatic carbocycles. The molecule has 0 atom stereocenters. The lowest BCUT2D eigenvalue weighted by Gasteiger charge is -2.08. The van der Waals surface area contributed by atoms with Gasteiger partial charge in [-0.05, 0) is 31.5 Å². The van der Waals surface area contributed by atoms with Crippen LogP contribution in [0.2, 0.25) is 0 Å². The van der Waals surface area contributed by atoms with E-state index in [1.54, 1.807) is 19.1 Å². The molecule has 0 aliphatic heterocycles. The standard InChI is InChI=1S/C14H12N2O4/c1-9-3-4-12(16(18)19)8-13(9)20-14-7-11(10(2)17)5-6-15-14/h3-8H,1-2H3. The Morgan fingerprint density at radius 2 is 2.05 bits per heavy atom. The van der Waals surface area contributed by atoms with Gasteiger partial charge in [-0.15, -0.1) is 0 Å². The predicted octanol–water partition coefficient (Wildman–Crippen LogP) is 3.29. The molecule has 0 saturated carbocycles. The molecule has 0 saturated heterocycles. The lowest BCUT2D eigenvalue weighted by molar-refractivity contribution is -0.384. The average molecular weight is 272 g/mol. The summed E-state index contributed by atoms with van der Waals surface area (Å²) in [6, 6.07) is 7.41. The van der Waals surface area contributed by atoms with Crippen LogP contribution >= 0.6 is 0 Å². The summed E-state index contributed by atoms with van der Waals surface area (Å²) in [5.74, 6) is 0.460. The van der Waals surface area contributed by atoms with Gasteiger partial charge in [0, 0.05) is 23.9 Å². The molecule has 0 aliphatic carbocycles. The molecule has 1 heterocycles. The fraction of sp³-hybridized carbons (Fsp3) is 0.143. The van der Waals surface area contributed by atoms with Crippen LogP contribution in [0, 0.1) is 17.0 Å². The van der Waals surface area contributed by atoms with Gasteiger partial charge in [-0.3, -0.25) is 14.9 Å². The van der Waals surface area contributed by atoms with E-state index in [1.165, 1.54) is 31.3 Å². The van der Waals surface area contributed by atoms with Crippen molar-refractivity contribution in [3.63, 3.8) is 0 Å². The molecule has 1 aromatic heterocycles. The van der Waals surface area contributed by atoms with Crippen molar-refractivity contribution in [3.8, 4) is 11.6 Å². The Labute approximate surface area is 115 Å². The van der Waals surface area contributed by atoms with Gasteiger partial charge in [-0.25, -0.2) is 4.98 Å². The number of hydrogen-bond acceptors (Lipinski definition) is 5. The van der Waals surface area contributed by atoms with E-state index in [0.29, 0.717) is 11.3 Å².